The molecule has 0 aromatic rings. The van der Waals surface area contributed by atoms with Crippen LogP contribution in [0.3, 0.4) is 0 Å². The fraction of sp³-hybridized carbons (Fsp3) is 0.889. The molecule has 0 bridgehead atoms. The van der Waals surface area contributed by atoms with Gasteiger partial charge in [0.15, 0.2) is 0 Å². The van der Waals surface area contributed by atoms with Crippen LogP contribution >= 0.6 is 0 Å². The molecule has 1 rings (SSSR count). The summed E-state index contributed by atoms with van der Waals surface area (Å²) in [4.78, 5) is 11.5. The molecule has 0 aromatic heterocycles. The Morgan fingerprint density at radius 2 is 2.25 bits per heavy atom. The number of carbonyl (C=O) groups is 1. The number of nitrogens with zero attached hydrogens (tertiary/aromatic N) is 1. The highest BCUT2D eigenvalue weighted by Gasteiger charge is 2.46. The van der Waals surface area contributed by atoms with E-state index in [1.807, 2.05) is 0 Å². The highest BCUT2D eigenvalue weighted by atomic mass is 19.4. The Morgan fingerprint density at radius 1 is 1.62 bits per heavy atom. The van der Waals surface area contributed by atoms with Crippen molar-refractivity contribution in [1.29, 1.82) is 0 Å². The Bertz CT molecular complexity index is 257. The van der Waals surface area contributed by atoms with Gasteiger partial charge in [-0.1, -0.05) is 0 Å². The first-order chi connectivity index (χ1) is 7.34. The lowest BCUT2D eigenvalue weighted by atomic mass is 10.2. The average Bonchev–Trinajstić information content (AvgIpc) is 2.60. The second kappa shape index (κ2) is 5.01. The van der Waals surface area contributed by atoms with E-state index >= 15 is 0 Å². The summed E-state index contributed by atoms with van der Waals surface area (Å²) in [5.74, 6) is -1.44. The van der Waals surface area contributed by atoms with Gasteiger partial charge in [-0.2, -0.15) is 13.2 Å². The summed E-state index contributed by atoms with van der Waals surface area (Å²) in [5.41, 5.74) is 0. The third-order valence-corrected chi connectivity index (χ3v) is 2.70. The molecule has 0 radical (unpaired) electrons. The Balaban J connectivity index is 2.67. The summed E-state index contributed by atoms with van der Waals surface area (Å²) in [6.45, 7) is 0.351. The predicted molar refractivity (Wildman–Crippen MR) is 49.1 cm³/mol. The number of aliphatic carboxylic acids is 1. The van der Waals surface area contributed by atoms with E-state index in [-0.39, 0.29) is 19.2 Å². The van der Waals surface area contributed by atoms with Crippen LogP contribution in [0.25, 0.3) is 0 Å². The number of methoxy groups -OCH3 is 1. The molecular weight excluding hydrogens is 227 g/mol. The first-order valence-electron chi connectivity index (χ1n) is 4.90. The van der Waals surface area contributed by atoms with Crippen molar-refractivity contribution in [2.45, 2.75) is 31.2 Å². The summed E-state index contributed by atoms with van der Waals surface area (Å²) in [6, 6.07) is -1.91. The van der Waals surface area contributed by atoms with Gasteiger partial charge in [-0.05, 0) is 6.42 Å². The van der Waals surface area contributed by atoms with Crippen molar-refractivity contribution in [1.82, 2.24) is 4.90 Å². The van der Waals surface area contributed by atoms with Gasteiger partial charge in [0, 0.05) is 20.2 Å². The number of carboxylic acid groups (broad SMARTS) is 1. The molecule has 16 heavy (non-hydrogen) atoms. The lowest BCUT2D eigenvalue weighted by Crippen LogP contribution is -2.46. The minimum Gasteiger partial charge on any atom is -0.481 e. The highest BCUT2D eigenvalue weighted by molar-refractivity contribution is 5.67. The molecule has 4 nitrogen and oxygen atoms in total. The van der Waals surface area contributed by atoms with E-state index in [1.54, 1.807) is 0 Å². The van der Waals surface area contributed by atoms with Crippen molar-refractivity contribution >= 4 is 5.97 Å². The van der Waals surface area contributed by atoms with Crippen molar-refractivity contribution < 1.29 is 27.8 Å². The molecule has 0 spiro atoms. The molecule has 1 saturated heterocycles. The molecule has 0 aromatic carbocycles. The minimum absolute atomic E-state index is 0.133. The molecule has 0 amide bonds. The third kappa shape index (κ3) is 3.34. The van der Waals surface area contributed by atoms with Crippen LogP contribution in [0.15, 0.2) is 0 Å². The number of likely N-dealkylation sites (tertiary alicyclic amines) is 1. The van der Waals surface area contributed by atoms with Crippen molar-refractivity contribution in [2.75, 3.05) is 20.2 Å². The quantitative estimate of drug-likeness (QED) is 0.801. The first-order valence-corrected chi connectivity index (χ1v) is 4.90. The summed E-state index contributed by atoms with van der Waals surface area (Å²) >= 11 is 0. The van der Waals surface area contributed by atoms with Crippen molar-refractivity contribution in [3.8, 4) is 0 Å². The normalized spacial score (nSPS) is 24.6. The zero-order chi connectivity index (χ0) is 12.3. The Morgan fingerprint density at radius 3 is 2.62 bits per heavy atom. The molecule has 2 unspecified atom stereocenters. The number of ether oxygens (including phenoxy) is 1. The van der Waals surface area contributed by atoms with Crippen LogP contribution < -0.4 is 0 Å². The highest BCUT2D eigenvalue weighted by Crippen LogP contribution is 2.30. The number of hydrogen-bond donors (Lipinski definition) is 1. The maximum absolute atomic E-state index is 12.6. The predicted octanol–water partition coefficient (Wildman–Crippen LogP) is 1.11. The first kappa shape index (κ1) is 13.2. The summed E-state index contributed by atoms with van der Waals surface area (Å²) in [5, 5.41) is 8.47. The number of alkyl halides is 3. The molecule has 94 valence electrons. The van der Waals surface area contributed by atoms with E-state index < -0.39 is 24.6 Å². The zero-order valence-corrected chi connectivity index (χ0v) is 8.83. The smallest absolute Gasteiger partial charge is 0.404 e. The van der Waals surface area contributed by atoms with Crippen LogP contribution in [0, 0.1) is 0 Å². The van der Waals surface area contributed by atoms with Crippen molar-refractivity contribution in [3.05, 3.63) is 0 Å². The maximum atomic E-state index is 12.6. The van der Waals surface area contributed by atoms with E-state index in [0.717, 1.165) is 4.90 Å². The van der Waals surface area contributed by atoms with Crippen LogP contribution in [0.1, 0.15) is 12.8 Å². The number of hydrogen-bond acceptors (Lipinski definition) is 3. The fourth-order valence-corrected chi connectivity index (χ4v) is 1.85. The number of rotatable bonds is 4. The minimum atomic E-state index is -4.51. The molecule has 1 heterocycles. The van der Waals surface area contributed by atoms with E-state index in [2.05, 4.69) is 0 Å². The van der Waals surface area contributed by atoms with Crippen LogP contribution in [0.5, 0.6) is 0 Å². The summed E-state index contributed by atoms with van der Waals surface area (Å²) in [7, 11) is 1.44. The van der Waals surface area contributed by atoms with E-state index in [1.165, 1.54) is 7.11 Å². The number of halogens is 3. The molecule has 1 N–H and O–H groups in total. The van der Waals surface area contributed by atoms with Crippen LogP contribution in [0.4, 0.5) is 13.2 Å². The molecule has 0 saturated carbocycles. The monoisotopic (exact) mass is 241 g/mol. The van der Waals surface area contributed by atoms with Crippen molar-refractivity contribution in [2.24, 2.45) is 0 Å². The lowest BCUT2D eigenvalue weighted by molar-refractivity contribution is -0.189. The molecule has 1 fully saturated rings. The molecule has 2 atom stereocenters. The van der Waals surface area contributed by atoms with Gasteiger partial charge in [0.05, 0.1) is 12.5 Å². The molecule has 0 aliphatic carbocycles. The third-order valence-electron chi connectivity index (χ3n) is 2.70. The summed E-state index contributed by atoms with van der Waals surface area (Å²) in [6.07, 6.45) is -5.16. The van der Waals surface area contributed by atoms with Gasteiger partial charge in [-0.25, -0.2) is 0 Å². The lowest BCUT2D eigenvalue weighted by Gasteiger charge is -2.28. The second-order valence-corrected chi connectivity index (χ2v) is 3.80. The van der Waals surface area contributed by atoms with Gasteiger partial charge >= 0.3 is 12.1 Å². The maximum Gasteiger partial charge on any atom is 0.404 e. The standard InChI is InChI=1S/C9H14F3NO3/c1-16-6-2-3-13(5-6)7(4-8(14)15)9(10,11)12/h6-7H,2-5H2,1H3,(H,14,15). The second-order valence-electron chi connectivity index (χ2n) is 3.80. The van der Waals surface area contributed by atoms with E-state index in [9.17, 15) is 18.0 Å². The van der Waals surface area contributed by atoms with Gasteiger partial charge < -0.3 is 9.84 Å². The summed E-state index contributed by atoms with van der Waals surface area (Å²) < 4.78 is 42.8. The molecule has 1 aliphatic heterocycles. The van der Waals surface area contributed by atoms with E-state index in [0.29, 0.717) is 6.42 Å². The van der Waals surface area contributed by atoms with Gasteiger partial charge in [0.25, 0.3) is 0 Å². The number of carboxylic acids is 1. The SMILES string of the molecule is COC1CCN(C(CC(=O)O)C(F)(F)F)C1. The van der Waals surface area contributed by atoms with Gasteiger partial charge in [-0.15, -0.1) is 0 Å². The molecular formula is C9H14F3NO3. The van der Waals surface area contributed by atoms with Crippen molar-refractivity contribution in [3.63, 3.8) is 0 Å². The van der Waals surface area contributed by atoms with Gasteiger partial charge in [0.1, 0.15) is 6.04 Å². The Labute approximate surface area is 91.0 Å². The Kier molecular flexibility index (Phi) is 4.15. The van der Waals surface area contributed by atoms with E-state index in [4.69, 9.17) is 9.84 Å². The average molecular weight is 241 g/mol. The largest absolute Gasteiger partial charge is 0.481 e. The van der Waals surface area contributed by atoms with Crippen LogP contribution in [-0.4, -0.2) is 54.5 Å². The molecule has 1 aliphatic rings. The molecule has 7 heteroatoms. The van der Waals surface area contributed by atoms with Crippen LogP contribution in [0.2, 0.25) is 0 Å². The zero-order valence-electron chi connectivity index (χ0n) is 8.83. The Hall–Kier alpha value is -0.820. The topological polar surface area (TPSA) is 49.8 Å². The van der Waals surface area contributed by atoms with Crippen LogP contribution in [-0.2, 0) is 9.53 Å². The fourth-order valence-electron chi connectivity index (χ4n) is 1.85. The van der Waals surface area contributed by atoms with Gasteiger partial charge in [0.2, 0.25) is 0 Å². The van der Waals surface area contributed by atoms with Gasteiger partial charge in [-0.3, -0.25) is 9.69 Å².